The van der Waals surface area contributed by atoms with Gasteiger partial charge >= 0.3 is 0 Å². The third-order valence-corrected chi connectivity index (χ3v) is 3.41. The van der Waals surface area contributed by atoms with Gasteiger partial charge in [0.2, 0.25) is 0 Å². The molecular weight excluding hydrogens is 160 g/mol. The van der Waals surface area contributed by atoms with Crippen LogP contribution in [0, 0.1) is 0 Å². The molecule has 2 aliphatic rings. The van der Waals surface area contributed by atoms with Crippen LogP contribution in [0.3, 0.4) is 0 Å². The zero-order chi connectivity index (χ0) is 8.73. The van der Waals surface area contributed by atoms with Gasteiger partial charge in [-0.1, -0.05) is 18.2 Å². The fraction of sp³-hybridized carbons (Fsp3) is 0.500. The van der Waals surface area contributed by atoms with E-state index in [1.165, 1.54) is 37.7 Å². The first-order valence-electron chi connectivity index (χ1n) is 5.15. The third-order valence-electron chi connectivity index (χ3n) is 3.41. The van der Waals surface area contributed by atoms with E-state index in [0.29, 0.717) is 0 Å². The molecule has 1 aromatic carbocycles. The van der Waals surface area contributed by atoms with Crippen LogP contribution in [0.4, 0.5) is 0 Å². The van der Waals surface area contributed by atoms with Crippen LogP contribution in [0.1, 0.15) is 31.2 Å². The zero-order valence-corrected chi connectivity index (χ0v) is 7.75. The van der Waals surface area contributed by atoms with Crippen LogP contribution >= 0.6 is 0 Å². The summed E-state index contributed by atoms with van der Waals surface area (Å²) >= 11 is 0. The highest BCUT2D eigenvalue weighted by molar-refractivity contribution is 5.36. The van der Waals surface area contributed by atoms with Gasteiger partial charge in [0.05, 0.1) is 0 Å². The smallest absolute Gasteiger partial charge is 0.123 e. The number of rotatable bonds is 0. The second kappa shape index (κ2) is 2.50. The summed E-state index contributed by atoms with van der Waals surface area (Å²) in [5.74, 6) is 1.13. The molecule has 0 bridgehead atoms. The Kier molecular flexibility index (Phi) is 1.43. The minimum absolute atomic E-state index is 0.244. The van der Waals surface area contributed by atoms with E-state index in [2.05, 4.69) is 24.3 Å². The summed E-state index contributed by atoms with van der Waals surface area (Å²) < 4.78 is 6.06. The molecule has 1 aliphatic carbocycles. The minimum Gasteiger partial charge on any atom is -0.487 e. The van der Waals surface area contributed by atoms with Gasteiger partial charge in [0.15, 0.2) is 0 Å². The maximum absolute atomic E-state index is 6.06. The van der Waals surface area contributed by atoms with Crippen LogP contribution in [0.25, 0.3) is 0 Å². The van der Waals surface area contributed by atoms with Gasteiger partial charge in [-0.05, 0) is 43.7 Å². The molecule has 1 heteroatoms. The van der Waals surface area contributed by atoms with Gasteiger partial charge in [-0.2, -0.15) is 0 Å². The quantitative estimate of drug-likeness (QED) is 0.587. The Bertz CT molecular complexity index is 326. The second-order valence-electron chi connectivity index (χ2n) is 4.25. The van der Waals surface area contributed by atoms with Gasteiger partial charge in [-0.25, -0.2) is 0 Å². The van der Waals surface area contributed by atoms with Crippen molar-refractivity contribution in [3.8, 4) is 5.75 Å². The molecule has 1 fully saturated rings. The Morgan fingerprint density at radius 3 is 2.69 bits per heavy atom. The Morgan fingerprint density at radius 2 is 1.92 bits per heavy atom. The number of benzene rings is 1. The molecule has 0 saturated heterocycles. The highest BCUT2D eigenvalue weighted by Crippen LogP contribution is 2.44. The van der Waals surface area contributed by atoms with Gasteiger partial charge in [0, 0.05) is 0 Å². The van der Waals surface area contributed by atoms with Crippen LogP contribution in [-0.2, 0) is 6.42 Å². The highest BCUT2D eigenvalue weighted by Gasteiger charge is 2.41. The van der Waals surface area contributed by atoms with Gasteiger partial charge in [0.1, 0.15) is 11.4 Å². The van der Waals surface area contributed by atoms with Gasteiger partial charge in [-0.15, -0.1) is 0 Å². The monoisotopic (exact) mass is 174 g/mol. The lowest BCUT2D eigenvalue weighted by Gasteiger charge is -2.45. The van der Waals surface area contributed by atoms with Crippen molar-refractivity contribution < 1.29 is 4.74 Å². The molecule has 1 heterocycles. The van der Waals surface area contributed by atoms with Gasteiger partial charge in [0.25, 0.3) is 0 Å². The van der Waals surface area contributed by atoms with Crippen LogP contribution in [0.15, 0.2) is 24.3 Å². The maximum Gasteiger partial charge on any atom is 0.123 e. The van der Waals surface area contributed by atoms with Crippen LogP contribution < -0.4 is 4.74 Å². The Morgan fingerprint density at radius 1 is 1.08 bits per heavy atom. The van der Waals surface area contributed by atoms with E-state index < -0.39 is 0 Å². The molecule has 0 amide bonds. The summed E-state index contributed by atoms with van der Waals surface area (Å²) in [7, 11) is 0. The first-order valence-corrected chi connectivity index (χ1v) is 5.15. The molecule has 13 heavy (non-hydrogen) atoms. The molecule has 1 spiro atoms. The molecule has 1 nitrogen and oxygen atoms in total. The molecule has 0 aromatic heterocycles. The first kappa shape index (κ1) is 7.43. The molecule has 0 radical (unpaired) electrons. The Balaban J connectivity index is 1.94. The van der Waals surface area contributed by atoms with Crippen molar-refractivity contribution in [1.82, 2.24) is 0 Å². The molecule has 1 aromatic rings. The zero-order valence-electron chi connectivity index (χ0n) is 7.75. The largest absolute Gasteiger partial charge is 0.487 e. The summed E-state index contributed by atoms with van der Waals surface area (Å²) in [6.45, 7) is 0. The van der Waals surface area contributed by atoms with Crippen molar-refractivity contribution >= 4 is 0 Å². The van der Waals surface area contributed by atoms with Crippen molar-refractivity contribution in [2.24, 2.45) is 0 Å². The first-order chi connectivity index (χ1) is 6.38. The van der Waals surface area contributed by atoms with Crippen molar-refractivity contribution in [3.05, 3.63) is 29.8 Å². The number of ether oxygens (including phenoxy) is 1. The molecule has 0 N–H and O–H groups in total. The molecule has 68 valence electrons. The van der Waals surface area contributed by atoms with E-state index in [1.807, 2.05) is 0 Å². The number of para-hydroxylation sites is 1. The third kappa shape index (κ3) is 1.06. The summed E-state index contributed by atoms with van der Waals surface area (Å²) in [4.78, 5) is 0. The minimum atomic E-state index is 0.244. The molecule has 0 unspecified atom stereocenters. The Hall–Kier alpha value is -0.980. The molecular formula is C12H14O. The van der Waals surface area contributed by atoms with Crippen molar-refractivity contribution in [2.45, 2.75) is 37.7 Å². The van der Waals surface area contributed by atoms with Crippen molar-refractivity contribution in [2.75, 3.05) is 0 Å². The van der Waals surface area contributed by atoms with Gasteiger partial charge < -0.3 is 4.74 Å². The molecule has 1 aliphatic heterocycles. The van der Waals surface area contributed by atoms with Crippen LogP contribution in [0.5, 0.6) is 5.75 Å². The predicted octanol–water partition coefficient (Wildman–Crippen LogP) is 2.93. The highest BCUT2D eigenvalue weighted by atomic mass is 16.5. The average Bonchev–Trinajstić information content (AvgIpc) is 2.15. The lowest BCUT2D eigenvalue weighted by molar-refractivity contribution is -0.0249. The van der Waals surface area contributed by atoms with E-state index >= 15 is 0 Å². The standard InChI is InChI=1S/C12H14O/c1-2-5-11-10(4-1)6-9-12(13-11)7-3-8-12/h1-2,4-5H,3,6-9H2. The normalized spacial score (nSPS) is 23.1. The Labute approximate surface area is 78.7 Å². The van der Waals surface area contributed by atoms with Crippen LogP contribution in [0.2, 0.25) is 0 Å². The molecule has 3 rings (SSSR count). The molecule has 1 saturated carbocycles. The van der Waals surface area contributed by atoms with Crippen molar-refractivity contribution in [1.29, 1.82) is 0 Å². The predicted molar refractivity (Wildman–Crippen MR) is 52.0 cm³/mol. The lowest BCUT2D eigenvalue weighted by atomic mass is 9.74. The SMILES string of the molecule is c1ccc2c(c1)CCC1(CCC1)O2. The number of hydrogen-bond donors (Lipinski definition) is 0. The van der Waals surface area contributed by atoms with Crippen molar-refractivity contribution in [3.63, 3.8) is 0 Å². The summed E-state index contributed by atoms with van der Waals surface area (Å²) in [6.07, 6.45) is 6.31. The summed E-state index contributed by atoms with van der Waals surface area (Å²) in [5.41, 5.74) is 1.63. The fourth-order valence-corrected chi connectivity index (χ4v) is 2.38. The maximum atomic E-state index is 6.06. The van der Waals surface area contributed by atoms with E-state index in [4.69, 9.17) is 4.74 Å². The lowest BCUT2D eigenvalue weighted by Crippen LogP contribution is -2.45. The summed E-state index contributed by atoms with van der Waals surface area (Å²) in [5, 5.41) is 0. The number of fused-ring (bicyclic) bond motifs is 1. The molecule has 0 atom stereocenters. The number of aryl methyl sites for hydroxylation is 1. The number of hydrogen-bond acceptors (Lipinski definition) is 1. The van der Waals surface area contributed by atoms with E-state index in [0.717, 1.165) is 5.75 Å². The second-order valence-corrected chi connectivity index (χ2v) is 4.25. The fourth-order valence-electron chi connectivity index (χ4n) is 2.38. The topological polar surface area (TPSA) is 9.23 Å². The van der Waals surface area contributed by atoms with E-state index in [1.54, 1.807) is 0 Å². The average molecular weight is 174 g/mol. The van der Waals surface area contributed by atoms with Crippen LogP contribution in [-0.4, -0.2) is 5.60 Å². The van der Waals surface area contributed by atoms with E-state index in [9.17, 15) is 0 Å². The van der Waals surface area contributed by atoms with E-state index in [-0.39, 0.29) is 5.60 Å². The van der Waals surface area contributed by atoms with Gasteiger partial charge in [-0.3, -0.25) is 0 Å². The summed E-state index contributed by atoms with van der Waals surface area (Å²) in [6, 6.07) is 8.45.